The van der Waals surface area contributed by atoms with Crippen LogP contribution in [0.1, 0.15) is 32.1 Å². The fraction of sp³-hybridized carbons (Fsp3) is 0.632. The van der Waals surface area contributed by atoms with Crippen LogP contribution in [0.4, 0.5) is 11.4 Å². The lowest BCUT2D eigenvalue weighted by atomic mass is 9.97. The summed E-state index contributed by atoms with van der Waals surface area (Å²) in [6.45, 7) is 2.19. The third kappa shape index (κ3) is 2.85. The van der Waals surface area contributed by atoms with Crippen molar-refractivity contribution in [3.63, 3.8) is 0 Å². The molecular weight excluding hydrogens is 288 g/mol. The zero-order valence-electron chi connectivity index (χ0n) is 13.6. The normalized spacial score (nSPS) is 30.1. The number of rotatable bonds is 4. The molecule has 0 radical (unpaired) electrons. The number of hydrogen-bond acceptors (Lipinski definition) is 3. The van der Waals surface area contributed by atoms with E-state index in [9.17, 15) is 9.90 Å². The van der Waals surface area contributed by atoms with Gasteiger partial charge in [0.15, 0.2) is 0 Å². The van der Waals surface area contributed by atoms with Crippen molar-refractivity contribution in [2.75, 3.05) is 29.9 Å². The first-order chi connectivity index (χ1) is 11.3. The van der Waals surface area contributed by atoms with Gasteiger partial charge in [0.2, 0.25) is 5.91 Å². The summed E-state index contributed by atoms with van der Waals surface area (Å²) < 4.78 is 0. The topological polar surface area (TPSA) is 52.6 Å². The summed E-state index contributed by atoms with van der Waals surface area (Å²) in [5.41, 5.74) is 2.08. The number of para-hydroxylation sites is 2. The van der Waals surface area contributed by atoms with Gasteiger partial charge in [-0.1, -0.05) is 18.6 Å². The molecule has 3 fully saturated rings. The molecule has 2 N–H and O–H groups in total. The summed E-state index contributed by atoms with van der Waals surface area (Å²) in [5.74, 6) is 2.22. The summed E-state index contributed by atoms with van der Waals surface area (Å²) in [5, 5.41) is 12.5. The molecule has 3 aliphatic rings. The summed E-state index contributed by atoms with van der Waals surface area (Å²) in [6.07, 6.45) is 5.81. The zero-order valence-corrected chi connectivity index (χ0v) is 13.6. The van der Waals surface area contributed by atoms with E-state index in [4.69, 9.17) is 0 Å². The van der Waals surface area contributed by atoms with E-state index < -0.39 is 0 Å². The molecule has 0 spiro atoms. The fourth-order valence-corrected chi connectivity index (χ4v) is 4.64. The molecule has 1 aliphatic heterocycles. The number of fused-ring (bicyclic) bond motifs is 1. The Balaban J connectivity index is 1.44. The van der Waals surface area contributed by atoms with Crippen molar-refractivity contribution in [3.05, 3.63) is 24.3 Å². The second-order valence-electron chi connectivity index (χ2n) is 7.40. The first-order valence-corrected chi connectivity index (χ1v) is 9.03. The molecular formula is C19H26N2O2. The second kappa shape index (κ2) is 6.16. The van der Waals surface area contributed by atoms with Gasteiger partial charge in [0.25, 0.3) is 0 Å². The predicted molar refractivity (Wildman–Crippen MR) is 91.4 cm³/mol. The van der Waals surface area contributed by atoms with Crippen LogP contribution in [0.3, 0.4) is 0 Å². The lowest BCUT2D eigenvalue weighted by Gasteiger charge is -2.34. The van der Waals surface area contributed by atoms with Crippen LogP contribution in [-0.4, -0.2) is 30.7 Å². The highest BCUT2D eigenvalue weighted by atomic mass is 16.3. The van der Waals surface area contributed by atoms with Gasteiger partial charge in [0.05, 0.1) is 11.4 Å². The Morgan fingerprint density at radius 1 is 1.13 bits per heavy atom. The molecule has 2 aliphatic carbocycles. The van der Waals surface area contributed by atoms with Crippen LogP contribution < -0.4 is 10.2 Å². The number of hydrogen-bond donors (Lipinski definition) is 2. The lowest BCUT2D eigenvalue weighted by molar-refractivity contribution is -0.118. The Bertz CT molecular complexity index is 570. The maximum Gasteiger partial charge on any atom is 0.228 e. The molecule has 23 heavy (non-hydrogen) atoms. The van der Waals surface area contributed by atoms with Crippen LogP contribution >= 0.6 is 0 Å². The van der Waals surface area contributed by atoms with E-state index in [1.165, 1.54) is 19.3 Å². The van der Waals surface area contributed by atoms with Crippen molar-refractivity contribution in [1.29, 1.82) is 0 Å². The van der Waals surface area contributed by atoms with E-state index in [0.717, 1.165) is 37.3 Å². The van der Waals surface area contributed by atoms with E-state index in [1.807, 2.05) is 18.2 Å². The van der Waals surface area contributed by atoms with Crippen LogP contribution in [0.15, 0.2) is 24.3 Å². The van der Waals surface area contributed by atoms with Crippen LogP contribution in [0.25, 0.3) is 0 Å². The highest BCUT2D eigenvalue weighted by molar-refractivity contribution is 5.97. The quantitative estimate of drug-likeness (QED) is 0.898. The lowest BCUT2D eigenvalue weighted by Crippen LogP contribution is -2.35. The van der Waals surface area contributed by atoms with Crippen molar-refractivity contribution in [3.8, 4) is 0 Å². The molecule has 1 aromatic carbocycles. The first kappa shape index (κ1) is 15.0. The first-order valence-electron chi connectivity index (χ1n) is 9.03. The third-order valence-electron chi connectivity index (χ3n) is 6.08. The largest absolute Gasteiger partial charge is 0.396 e. The van der Waals surface area contributed by atoms with Crippen LogP contribution in [0, 0.1) is 23.7 Å². The van der Waals surface area contributed by atoms with Gasteiger partial charge in [-0.25, -0.2) is 0 Å². The van der Waals surface area contributed by atoms with Crippen molar-refractivity contribution < 1.29 is 9.90 Å². The molecule has 4 heteroatoms. The Kier molecular flexibility index (Phi) is 4.02. The number of amides is 1. The molecule has 4 nitrogen and oxygen atoms in total. The number of nitrogens with zero attached hydrogens (tertiary/aromatic N) is 1. The standard InChI is InChI=1S/C19H26N2O2/c22-12-13-8-10-21(11-9-13)17-7-2-1-6-16(17)20-19(23)18-14-4-3-5-15(14)18/h1-2,6-7,13-15,18,22H,3-5,8-12H2,(H,20,23). The zero-order chi connectivity index (χ0) is 15.8. The SMILES string of the molecule is O=C(Nc1ccccc1N1CCC(CO)CC1)C1C2CCCC21. The summed E-state index contributed by atoms with van der Waals surface area (Å²) in [6, 6.07) is 8.15. The van der Waals surface area contributed by atoms with Crippen molar-refractivity contribution in [1.82, 2.24) is 0 Å². The minimum atomic E-state index is 0.220. The monoisotopic (exact) mass is 314 g/mol. The van der Waals surface area contributed by atoms with Gasteiger partial charge in [0.1, 0.15) is 0 Å². The number of aliphatic hydroxyl groups is 1. The average molecular weight is 314 g/mol. The van der Waals surface area contributed by atoms with Crippen LogP contribution in [-0.2, 0) is 4.79 Å². The van der Waals surface area contributed by atoms with E-state index >= 15 is 0 Å². The Morgan fingerprint density at radius 2 is 1.83 bits per heavy atom. The highest BCUT2D eigenvalue weighted by Gasteiger charge is 2.56. The minimum absolute atomic E-state index is 0.220. The predicted octanol–water partition coefficient (Wildman–Crippen LogP) is 2.88. The van der Waals surface area contributed by atoms with E-state index in [2.05, 4.69) is 16.3 Å². The van der Waals surface area contributed by atoms with Gasteiger partial charge in [-0.3, -0.25) is 4.79 Å². The molecule has 0 aromatic heterocycles. The number of piperidine rings is 1. The number of aliphatic hydroxyl groups excluding tert-OH is 1. The Morgan fingerprint density at radius 3 is 2.52 bits per heavy atom. The Labute approximate surface area is 137 Å². The molecule has 0 bridgehead atoms. The molecule has 2 unspecified atom stereocenters. The fourth-order valence-electron chi connectivity index (χ4n) is 4.64. The maximum absolute atomic E-state index is 12.6. The molecule has 1 aromatic rings. The van der Waals surface area contributed by atoms with Gasteiger partial charge < -0.3 is 15.3 Å². The number of nitrogens with one attached hydrogen (secondary N) is 1. The minimum Gasteiger partial charge on any atom is -0.396 e. The molecule has 1 heterocycles. The van der Waals surface area contributed by atoms with Crippen molar-refractivity contribution >= 4 is 17.3 Å². The van der Waals surface area contributed by atoms with Crippen LogP contribution in [0.2, 0.25) is 0 Å². The summed E-state index contributed by atoms with van der Waals surface area (Å²) in [4.78, 5) is 14.9. The molecule has 124 valence electrons. The van der Waals surface area contributed by atoms with Gasteiger partial charge in [-0.2, -0.15) is 0 Å². The van der Waals surface area contributed by atoms with Crippen molar-refractivity contribution in [2.24, 2.45) is 23.7 Å². The molecule has 2 atom stereocenters. The molecule has 4 rings (SSSR count). The Hall–Kier alpha value is -1.55. The number of anilines is 2. The van der Waals surface area contributed by atoms with E-state index in [1.54, 1.807) is 0 Å². The van der Waals surface area contributed by atoms with E-state index in [-0.39, 0.29) is 18.4 Å². The van der Waals surface area contributed by atoms with Gasteiger partial charge >= 0.3 is 0 Å². The second-order valence-corrected chi connectivity index (χ2v) is 7.40. The highest BCUT2D eigenvalue weighted by Crippen LogP contribution is 2.57. The smallest absolute Gasteiger partial charge is 0.228 e. The van der Waals surface area contributed by atoms with Crippen molar-refractivity contribution in [2.45, 2.75) is 32.1 Å². The number of carbonyl (C=O) groups is 1. The third-order valence-corrected chi connectivity index (χ3v) is 6.08. The maximum atomic E-state index is 12.6. The van der Waals surface area contributed by atoms with Gasteiger partial charge in [0, 0.05) is 25.6 Å². The summed E-state index contributed by atoms with van der Waals surface area (Å²) >= 11 is 0. The number of carbonyl (C=O) groups excluding carboxylic acids is 1. The molecule has 2 saturated carbocycles. The van der Waals surface area contributed by atoms with Gasteiger partial charge in [-0.05, 0) is 55.6 Å². The van der Waals surface area contributed by atoms with E-state index in [0.29, 0.717) is 17.8 Å². The molecule has 1 saturated heterocycles. The average Bonchev–Trinajstić information content (AvgIpc) is 3.08. The number of benzene rings is 1. The van der Waals surface area contributed by atoms with Gasteiger partial charge in [-0.15, -0.1) is 0 Å². The van der Waals surface area contributed by atoms with Crippen LogP contribution in [0.5, 0.6) is 0 Å². The molecule has 1 amide bonds. The summed E-state index contributed by atoms with van der Waals surface area (Å²) in [7, 11) is 0.